The van der Waals surface area contributed by atoms with E-state index in [1.807, 2.05) is 50.4 Å². The Balaban J connectivity index is 1.32. The van der Waals surface area contributed by atoms with Crippen molar-refractivity contribution in [2.75, 3.05) is 33.3 Å². The van der Waals surface area contributed by atoms with Crippen LogP contribution in [0.25, 0.3) is 6.08 Å². The molecule has 0 saturated carbocycles. The van der Waals surface area contributed by atoms with Gasteiger partial charge in [-0.25, -0.2) is 9.59 Å². The number of hydrogen-bond donors (Lipinski definition) is 1. The normalized spacial score (nSPS) is 26.9. The predicted molar refractivity (Wildman–Crippen MR) is 195 cm³/mol. The van der Waals surface area contributed by atoms with E-state index in [2.05, 4.69) is 15.9 Å². The molecule has 0 aliphatic carbocycles. The first-order valence-corrected chi connectivity index (χ1v) is 18.7. The molecule has 1 unspecified atom stereocenters. The van der Waals surface area contributed by atoms with Gasteiger partial charge in [-0.1, -0.05) is 36.4 Å². The molecule has 6 aliphatic heterocycles. The third-order valence-electron chi connectivity index (χ3n) is 11.1. The second-order valence-electron chi connectivity index (χ2n) is 14.1. The number of hydrogen-bond acceptors (Lipinski definition) is 14. The molecule has 14 heteroatoms. The first kappa shape index (κ1) is 35.8. The molecule has 1 N–H and O–H groups in total. The number of nitriles is 1. The van der Waals surface area contributed by atoms with Crippen LogP contribution >= 0.6 is 11.8 Å². The number of esters is 3. The van der Waals surface area contributed by atoms with E-state index in [0.29, 0.717) is 45.9 Å². The van der Waals surface area contributed by atoms with E-state index < -0.39 is 53.4 Å². The van der Waals surface area contributed by atoms with Gasteiger partial charge < -0.3 is 33.5 Å². The fraction of sp³-hybridized carbons (Fsp3) is 0.400. The number of carbonyl (C=O) groups is 3. The van der Waals surface area contributed by atoms with Crippen molar-refractivity contribution >= 4 is 35.7 Å². The maximum Gasteiger partial charge on any atom is 0.348 e. The fourth-order valence-corrected chi connectivity index (χ4v) is 10.4. The Labute approximate surface area is 316 Å². The van der Waals surface area contributed by atoms with Crippen LogP contribution in [-0.2, 0) is 30.3 Å². The maximum absolute atomic E-state index is 13.8. The zero-order chi connectivity index (χ0) is 38.0. The van der Waals surface area contributed by atoms with Gasteiger partial charge in [-0.2, -0.15) is 5.26 Å². The summed E-state index contributed by atoms with van der Waals surface area (Å²) in [5.74, 6) is -0.542. The summed E-state index contributed by atoms with van der Waals surface area (Å²) >= 11 is 1.32. The number of rotatable bonds is 5. The number of ether oxygens (including phenoxy) is 6. The number of carbonyl (C=O) groups excluding carboxylic acids is 3. The lowest BCUT2D eigenvalue weighted by molar-refractivity contribution is -0.167. The smallest absolute Gasteiger partial charge is 0.348 e. The molecule has 13 nitrogen and oxygen atoms in total. The average molecular weight is 754 g/mol. The molecule has 0 amide bonds. The number of phenolic OH excluding ortho intramolecular Hbond substituents is 1. The lowest BCUT2D eigenvalue weighted by Gasteiger charge is -2.61. The molecule has 0 radical (unpaired) electrons. The molecule has 7 atom stereocenters. The minimum atomic E-state index is -1.29. The molecule has 2 saturated heterocycles. The van der Waals surface area contributed by atoms with E-state index in [1.54, 1.807) is 13.0 Å². The Hall–Kier alpha value is -5.23. The van der Waals surface area contributed by atoms with Crippen LogP contribution in [0, 0.1) is 25.2 Å². The minimum absolute atomic E-state index is 0.0156. The maximum atomic E-state index is 13.8. The zero-order valence-corrected chi connectivity index (χ0v) is 31.2. The summed E-state index contributed by atoms with van der Waals surface area (Å²) < 4.78 is 35.6. The summed E-state index contributed by atoms with van der Waals surface area (Å²) in [6, 6.07) is 10.9. The van der Waals surface area contributed by atoms with E-state index in [4.69, 9.17) is 28.4 Å². The third-order valence-corrected chi connectivity index (χ3v) is 12.5. The van der Waals surface area contributed by atoms with E-state index >= 15 is 0 Å². The number of likely N-dealkylation sites (N-methyl/N-ethyl adjacent to an activating group) is 1. The van der Waals surface area contributed by atoms with Crippen LogP contribution in [0.2, 0.25) is 0 Å². The molecule has 4 bridgehead atoms. The number of thioether (sulfide) groups is 1. The number of phenols is 1. The van der Waals surface area contributed by atoms with Crippen molar-refractivity contribution in [1.82, 2.24) is 9.80 Å². The summed E-state index contributed by atoms with van der Waals surface area (Å²) in [6.07, 6.45) is 2.05. The van der Waals surface area contributed by atoms with Gasteiger partial charge in [-0.3, -0.25) is 14.6 Å². The van der Waals surface area contributed by atoms with E-state index in [-0.39, 0.29) is 36.7 Å². The summed E-state index contributed by atoms with van der Waals surface area (Å²) in [6.45, 7) is 4.67. The van der Waals surface area contributed by atoms with Crippen molar-refractivity contribution in [3.8, 4) is 34.8 Å². The number of aromatic hydroxyl groups is 1. The molecule has 6 aliphatic rings. The quantitative estimate of drug-likeness (QED) is 0.214. The number of piperazine rings is 1. The van der Waals surface area contributed by atoms with Crippen LogP contribution in [0.4, 0.5) is 0 Å². The van der Waals surface area contributed by atoms with Crippen molar-refractivity contribution in [2.45, 2.75) is 68.8 Å². The van der Waals surface area contributed by atoms with Gasteiger partial charge >= 0.3 is 17.9 Å². The molecule has 3 aromatic carbocycles. The number of nitrogens with zero attached hydrogens (tertiary/aromatic N) is 3. The first-order valence-electron chi connectivity index (χ1n) is 17.7. The van der Waals surface area contributed by atoms with E-state index in [1.165, 1.54) is 31.9 Å². The Morgan fingerprint density at radius 3 is 2.56 bits per heavy atom. The topological polar surface area (TPSA) is 157 Å². The Kier molecular flexibility index (Phi) is 9.20. The highest BCUT2D eigenvalue weighted by Gasteiger charge is 2.60. The average Bonchev–Trinajstić information content (AvgIpc) is 3.64. The summed E-state index contributed by atoms with van der Waals surface area (Å²) in [4.78, 5) is 43.9. The summed E-state index contributed by atoms with van der Waals surface area (Å²) in [5, 5.41) is 22.3. The number of fused-ring (bicyclic) bond motifs is 10. The SMILES string of the molecule is COc1c(C)cc2c(c1O)[C@@H]1C3[C@@H]4SC[C@H](OC(=O)C=Cc5ccccc5)C(=O)OC[C@H](c5c6c(c(C)c(OC(C)=O)c54)OCO6)N3[C@@H](C#N)[C@H](C2)N1C. The van der Waals surface area contributed by atoms with Gasteiger partial charge in [-0.15, -0.1) is 11.8 Å². The van der Waals surface area contributed by atoms with Crippen LogP contribution in [-0.4, -0.2) is 90.4 Å². The lowest BCUT2D eigenvalue weighted by atomic mass is 9.71. The molecule has 3 aromatic rings. The molecular formula is C40H39N3O10S. The highest BCUT2D eigenvalue weighted by atomic mass is 32.2. The van der Waals surface area contributed by atoms with Crippen LogP contribution in [0.5, 0.6) is 28.7 Å². The fourth-order valence-electron chi connectivity index (χ4n) is 8.94. The van der Waals surface area contributed by atoms with Crippen molar-refractivity contribution < 1.29 is 47.9 Å². The molecule has 280 valence electrons. The van der Waals surface area contributed by atoms with Crippen molar-refractivity contribution in [1.29, 1.82) is 5.26 Å². The third kappa shape index (κ3) is 5.64. The standard InChI is InChI=1S/C40H39N3O10S/c1-19-13-23-14-24-25(15-41)43-26-16-49-40(47)27(53-28(45)12-11-22-9-7-6-8-10-22)17-54-39(33(43)32(42(24)4)29(23)34(46)35(19)48-5)31-30(26)38-37(50-18-51-38)20(2)36(31)52-21(3)44/h6-13,24-27,32-33,39,46H,14,16-18H2,1-5H3/t24-,25-,26+,27-,32+,33?,39+/m0/s1. The van der Waals surface area contributed by atoms with Crippen molar-refractivity contribution in [3.05, 3.63) is 81.4 Å². The monoisotopic (exact) mass is 753 g/mol. The molecular weight excluding hydrogens is 715 g/mol. The highest BCUT2D eigenvalue weighted by Crippen LogP contribution is 2.64. The Bertz CT molecular complexity index is 2130. The van der Waals surface area contributed by atoms with Gasteiger partial charge in [0.25, 0.3) is 0 Å². The predicted octanol–water partition coefficient (Wildman–Crippen LogP) is 4.86. The van der Waals surface area contributed by atoms with Crippen LogP contribution in [0.3, 0.4) is 0 Å². The summed E-state index contributed by atoms with van der Waals surface area (Å²) in [5.41, 5.74) is 4.92. The van der Waals surface area contributed by atoms with Gasteiger partial charge in [0.15, 0.2) is 23.0 Å². The lowest BCUT2D eigenvalue weighted by Crippen LogP contribution is -2.69. The largest absolute Gasteiger partial charge is 0.504 e. The molecule has 54 heavy (non-hydrogen) atoms. The molecule has 2 fully saturated rings. The second-order valence-corrected chi connectivity index (χ2v) is 15.2. The number of benzene rings is 3. The zero-order valence-electron chi connectivity index (χ0n) is 30.4. The number of methoxy groups -OCH3 is 1. The van der Waals surface area contributed by atoms with Crippen LogP contribution in [0.1, 0.15) is 63.2 Å². The molecule has 0 spiro atoms. The van der Waals surface area contributed by atoms with E-state index in [9.17, 15) is 24.8 Å². The minimum Gasteiger partial charge on any atom is -0.504 e. The van der Waals surface area contributed by atoms with Gasteiger partial charge in [0.1, 0.15) is 18.4 Å². The first-order chi connectivity index (χ1) is 26.0. The Morgan fingerprint density at radius 1 is 1.07 bits per heavy atom. The Morgan fingerprint density at radius 2 is 1.83 bits per heavy atom. The number of aryl methyl sites for hydroxylation is 1. The van der Waals surface area contributed by atoms with Crippen LogP contribution < -0.4 is 18.9 Å². The van der Waals surface area contributed by atoms with E-state index in [0.717, 1.165) is 16.7 Å². The summed E-state index contributed by atoms with van der Waals surface area (Å²) in [7, 11) is 3.47. The second kappa shape index (κ2) is 13.9. The van der Waals surface area contributed by atoms with Gasteiger partial charge in [0.2, 0.25) is 12.9 Å². The molecule has 6 heterocycles. The molecule has 0 aromatic heterocycles. The molecule has 9 rings (SSSR count). The van der Waals surface area contributed by atoms with Crippen LogP contribution in [0.15, 0.2) is 42.5 Å². The highest BCUT2D eigenvalue weighted by molar-refractivity contribution is 7.99. The van der Waals surface area contributed by atoms with Crippen molar-refractivity contribution in [2.24, 2.45) is 0 Å². The van der Waals surface area contributed by atoms with Gasteiger partial charge in [-0.05, 0) is 50.1 Å². The van der Waals surface area contributed by atoms with Gasteiger partial charge in [0, 0.05) is 53.1 Å². The van der Waals surface area contributed by atoms with Gasteiger partial charge in [0.05, 0.1) is 30.5 Å². The van der Waals surface area contributed by atoms with Crippen molar-refractivity contribution in [3.63, 3.8) is 0 Å².